The van der Waals surface area contributed by atoms with Crippen LogP contribution in [0.4, 0.5) is 10.2 Å². The Bertz CT molecular complexity index is 1030. The van der Waals surface area contributed by atoms with E-state index in [0.29, 0.717) is 0 Å². The van der Waals surface area contributed by atoms with Crippen molar-refractivity contribution >= 4 is 5.82 Å². The zero-order valence-electron chi connectivity index (χ0n) is 17.6. The lowest BCUT2D eigenvalue weighted by molar-refractivity contribution is -0.139. The standard InChI is InChI=1S/C20H27FN4O4/c1-13-7-8-16(15(21)9-13)25-17(23(6)22(4)5)10-18(26)24(19(25)27)11-14-12-28-20(2,3)29-14/h7-10,14H,11-12H2,1-6H3/t14-/m0/s1. The molecule has 0 saturated carbocycles. The Labute approximate surface area is 168 Å². The second-order valence-electron chi connectivity index (χ2n) is 7.85. The summed E-state index contributed by atoms with van der Waals surface area (Å²) in [4.78, 5) is 26.1. The second-order valence-corrected chi connectivity index (χ2v) is 7.85. The molecule has 0 radical (unpaired) electrons. The third kappa shape index (κ3) is 4.26. The molecule has 0 unspecified atom stereocenters. The minimum absolute atomic E-state index is 0.0144. The maximum absolute atomic E-state index is 14.8. The Hall–Kier alpha value is -2.49. The molecule has 158 valence electrons. The van der Waals surface area contributed by atoms with Crippen LogP contribution in [0.2, 0.25) is 0 Å². The first kappa shape index (κ1) is 21.2. The maximum atomic E-state index is 14.8. The summed E-state index contributed by atoms with van der Waals surface area (Å²) in [5.74, 6) is -1.07. The Morgan fingerprint density at radius 1 is 1.21 bits per heavy atom. The first-order valence-electron chi connectivity index (χ1n) is 9.36. The largest absolute Gasteiger partial charge is 0.348 e. The van der Waals surface area contributed by atoms with Crippen LogP contribution in [0.5, 0.6) is 0 Å². The van der Waals surface area contributed by atoms with E-state index in [2.05, 4.69) is 0 Å². The van der Waals surface area contributed by atoms with Gasteiger partial charge in [0.25, 0.3) is 5.56 Å². The van der Waals surface area contributed by atoms with E-state index < -0.39 is 29.0 Å². The fourth-order valence-electron chi connectivity index (χ4n) is 3.25. The molecule has 1 aromatic carbocycles. The number of ether oxygens (including phenoxy) is 2. The normalized spacial score (nSPS) is 18.4. The van der Waals surface area contributed by atoms with E-state index in [0.717, 1.165) is 10.1 Å². The maximum Gasteiger partial charge on any atom is 0.337 e. The summed E-state index contributed by atoms with van der Waals surface area (Å²) in [5, 5.41) is 3.29. The number of nitrogens with zero attached hydrogens (tertiary/aromatic N) is 4. The SMILES string of the molecule is Cc1ccc(-n2c(N(C)N(C)C)cc(=O)n(C[C@H]3COC(C)(C)O3)c2=O)c(F)c1. The number of rotatable bonds is 5. The van der Waals surface area contributed by atoms with Crippen molar-refractivity contribution in [3.63, 3.8) is 0 Å². The summed E-state index contributed by atoms with van der Waals surface area (Å²) in [5.41, 5.74) is -0.330. The van der Waals surface area contributed by atoms with Crippen molar-refractivity contribution in [2.75, 3.05) is 32.8 Å². The van der Waals surface area contributed by atoms with Gasteiger partial charge in [0.2, 0.25) is 0 Å². The first-order chi connectivity index (χ1) is 13.5. The fourth-order valence-corrected chi connectivity index (χ4v) is 3.25. The molecule has 2 heterocycles. The van der Waals surface area contributed by atoms with Gasteiger partial charge in [-0.15, -0.1) is 0 Å². The van der Waals surface area contributed by atoms with Crippen LogP contribution < -0.4 is 16.3 Å². The average Bonchev–Trinajstić information content (AvgIpc) is 2.97. The molecule has 3 rings (SSSR count). The molecule has 8 nitrogen and oxygen atoms in total. The predicted octanol–water partition coefficient (Wildman–Crippen LogP) is 1.51. The van der Waals surface area contributed by atoms with Crippen molar-refractivity contribution in [3.8, 4) is 5.69 Å². The number of aromatic nitrogens is 2. The number of hydrogen-bond donors (Lipinski definition) is 0. The monoisotopic (exact) mass is 406 g/mol. The lowest BCUT2D eigenvalue weighted by Crippen LogP contribution is -2.46. The van der Waals surface area contributed by atoms with Crippen LogP contribution in [0.15, 0.2) is 33.9 Å². The van der Waals surface area contributed by atoms with E-state index in [1.165, 1.54) is 22.8 Å². The van der Waals surface area contributed by atoms with Gasteiger partial charge in [-0.1, -0.05) is 6.07 Å². The summed E-state index contributed by atoms with van der Waals surface area (Å²) in [7, 11) is 5.22. The van der Waals surface area contributed by atoms with Crippen molar-refractivity contribution in [1.82, 2.24) is 14.1 Å². The van der Waals surface area contributed by atoms with Gasteiger partial charge in [-0.25, -0.2) is 18.8 Å². The van der Waals surface area contributed by atoms with Crippen LogP contribution >= 0.6 is 0 Å². The van der Waals surface area contributed by atoms with Crippen LogP contribution in [-0.4, -0.2) is 53.8 Å². The van der Waals surface area contributed by atoms with Gasteiger partial charge in [0, 0.05) is 27.2 Å². The molecule has 1 fully saturated rings. The van der Waals surface area contributed by atoms with E-state index in [1.54, 1.807) is 58.0 Å². The third-order valence-electron chi connectivity index (χ3n) is 4.90. The molecule has 29 heavy (non-hydrogen) atoms. The number of hydrazine groups is 1. The minimum atomic E-state index is -0.776. The van der Waals surface area contributed by atoms with E-state index in [9.17, 15) is 14.0 Å². The number of benzene rings is 1. The molecule has 0 amide bonds. The summed E-state index contributed by atoms with van der Waals surface area (Å²) in [6, 6.07) is 5.93. The number of aryl methyl sites for hydroxylation is 1. The van der Waals surface area contributed by atoms with Gasteiger partial charge >= 0.3 is 5.69 Å². The van der Waals surface area contributed by atoms with Gasteiger partial charge in [0.05, 0.1) is 18.8 Å². The van der Waals surface area contributed by atoms with Gasteiger partial charge in [0.1, 0.15) is 17.7 Å². The van der Waals surface area contributed by atoms with Crippen molar-refractivity contribution < 1.29 is 13.9 Å². The van der Waals surface area contributed by atoms with Crippen molar-refractivity contribution in [1.29, 1.82) is 0 Å². The Kier molecular flexibility index (Phi) is 5.66. The highest BCUT2D eigenvalue weighted by Crippen LogP contribution is 2.23. The molecular weight excluding hydrogens is 379 g/mol. The topological polar surface area (TPSA) is 68.9 Å². The highest BCUT2D eigenvalue weighted by atomic mass is 19.1. The molecule has 0 spiro atoms. The Balaban J connectivity index is 2.18. The number of anilines is 1. The zero-order valence-corrected chi connectivity index (χ0v) is 17.6. The van der Waals surface area contributed by atoms with E-state index in [-0.39, 0.29) is 24.7 Å². The van der Waals surface area contributed by atoms with Crippen LogP contribution in [-0.2, 0) is 16.0 Å². The second kappa shape index (κ2) is 7.74. The van der Waals surface area contributed by atoms with Gasteiger partial charge in [0.15, 0.2) is 5.79 Å². The van der Waals surface area contributed by atoms with Gasteiger partial charge in [-0.2, -0.15) is 0 Å². The fraction of sp³-hybridized carbons (Fsp3) is 0.500. The molecule has 9 heteroatoms. The van der Waals surface area contributed by atoms with E-state index in [1.807, 2.05) is 0 Å². The molecule has 1 saturated heterocycles. The molecule has 1 aromatic heterocycles. The van der Waals surface area contributed by atoms with Crippen LogP contribution in [0, 0.1) is 12.7 Å². The summed E-state index contributed by atoms with van der Waals surface area (Å²) in [6.45, 7) is 5.58. The third-order valence-corrected chi connectivity index (χ3v) is 4.90. The van der Waals surface area contributed by atoms with Gasteiger partial charge in [-0.05, 0) is 38.5 Å². The minimum Gasteiger partial charge on any atom is -0.348 e. The summed E-state index contributed by atoms with van der Waals surface area (Å²) < 4.78 is 28.3. The predicted molar refractivity (Wildman–Crippen MR) is 108 cm³/mol. The lowest BCUT2D eigenvalue weighted by Gasteiger charge is -2.29. The van der Waals surface area contributed by atoms with Gasteiger partial charge in [-0.3, -0.25) is 14.4 Å². The summed E-state index contributed by atoms with van der Waals surface area (Å²) >= 11 is 0. The number of halogens is 1. The molecule has 1 aliphatic heterocycles. The Morgan fingerprint density at radius 2 is 1.90 bits per heavy atom. The van der Waals surface area contributed by atoms with Crippen LogP contribution in [0.3, 0.4) is 0 Å². The molecule has 1 atom stereocenters. The first-order valence-corrected chi connectivity index (χ1v) is 9.36. The van der Waals surface area contributed by atoms with E-state index in [4.69, 9.17) is 9.47 Å². The smallest absolute Gasteiger partial charge is 0.337 e. The molecule has 1 aliphatic rings. The zero-order chi connectivity index (χ0) is 21.5. The quantitative estimate of drug-likeness (QED) is 0.702. The average molecular weight is 406 g/mol. The van der Waals surface area contributed by atoms with Crippen molar-refractivity contribution in [2.24, 2.45) is 0 Å². The van der Waals surface area contributed by atoms with Crippen molar-refractivity contribution in [2.45, 2.75) is 39.2 Å². The molecule has 0 N–H and O–H groups in total. The highest BCUT2D eigenvalue weighted by molar-refractivity contribution is 5.47. The molecule has 0 aliphatic carbocycles. The lowest BCUT2D eigenvalue weighted by atomic mass is 10.2. The molecule has 2 aromatic rings. The Morgan fingerprint density at radius 3 is 2.45 bits per heavy atom. The summed E-state index contributed by atoms with van der Waals surface area (Å²) in [6.07, 6.45) is -0.454. The van der Waals surface area contributed by atoms with Crippen molar-refractivity contribution in [3.05, 3.63) is 56.5 Å². The molecule has 0 bridgehead atoms. The van der Waals surface area contributed by atoms with Crippen LogP contribution in [0.1, 0.15) is 19.4 Å². The highest BCUT2D eigenvalue weighted by Gasteiger charge is 2.33. The molecular formula is C20H27FN4O4. The van der Waals surface area contributed by atoms with Gasteiger partial charge < -0.3 is 9.47 Å². The van der Waals surface area contributed by atoms with Crippen LogP contribution in [0.25, 0.3) is 5.69 Å². The number of hydrogen-bond acceptors (Lipinski definition) is 6. The van der Waals surface area contributed by atoms with E-state index >= 15 is 0 Å².